The Hall–Kier alpha value is -1.55. The van der Waals surface area contributed by atoms with Crippen molar-refractivity contribution in [2.75, 3.05) is 6.54 Å². The van der Waals surface area contributed by atoms with Crippen molar-refractivity contribution >= 4 is 0 Å². The molecule has 0 bridgehead atoms. The van der Waals surface area contributed by atoms with Crippen LogP contribution in [0.5, 0.6) is 0 Å². The normalized spacial score (nSPS) is 10.6. The van der Waals surface area contributed by atoms with E-state index in [1.165, 1.54) is 0 Å². The summed E-state index contributed by atoms with van der Waals surface area (Å²) < 4.78 is 10.2. The smallest absolute Gasteiger partial charge is 0.229 e. The van der Waals surface area contributed by atoms with Crippen LogP contribution in [0, 0.1) is 0 Å². The molecule has 2 rings (SSSR count). The van der Waals surface area contributed by atoms with Crippen LogP contribution in [0.15, 0.2) is 33.7 Å². The average molecular weight is 192 g/mol. The van der Waals surface area contributed by atoms with E-state index in [1.54, 1.807) is 18.8 Å². The highest BCUT2D eigenvalue weighted by atomic mass is 16.3. The molecule has 2 heterocycles. The molecule has 2 aromatic rings. The number of rotatable bonds is 4. The van der Waals surface area contributed by atoms with Gasteiger partial charge in [0.25, 0.3) is 0 Å². The molecule has 0 spiro atoms. The SMILES string of the molecule is CCNCc1coc(-c2ccoc2)n1. The molecule has 74 valence electrons. The van der Waals surface area contributed by atoms with Crippen molar-refractivity contribution < 1.29 is 8.83 Å². The number of nitrogens with one attached hydrogen (secondary N) is 1. The van der Waals surface area contributed by atoms with E-state index in [0.29, 0.717) is 5.89 Å². The maximum atomic E-state index is 5.29. The summed E-state index contributed by atoms with van der Waals surface area (Å²) >= 11 is 0. The van der Waals surface area contributed by atoms with Crippen LogP contribution >= 0.6 is 0 Å². The fourth-order valence-corrected chi connectivity index (χ4v) is 1.16. The summed E-state index contributed by atoms with van der Waals surface area (Å²) in [6.07, 6.45) is 4.87. The van der Waals surface area contributed by atoms with Gasteiger partial charge in [0.15, 0.2) is 0 Å². The highest BCUT2D eigenvalue weighted by Crippen LogP contribution is 2.18. The fourth-order valence-electron chi connectivity index (χ4n) is 1.16. The zero-order chi connectivity index (χ0) is 9.80. The summed E-state index contributed by atoms with van der Waals surface area (Å²) in [6.45, 7) is 3.71. The number of hydrogen-bond acceptors (Lipinski definition) is 4. The third kappa shape index (κ3) is 1.85. The van der Waals surface area contributed by atoms with Gasteiger partial charge < -0.3 is 14.2 Å². The van der Waals surface area contributed by atoms with Gasteiger partial charge in [-0.1, -0.05) is 6.92 Å². The van der Waals surface area contributed by atoms with Gasteiger partial charge in [0.1, 0.15) is 12.5 Å². The highest BCUT2D eigenvalue weighted by Gasteiger charge is 2.06. The van der Waals surface area contributed by atoms with E-state index in [4.69, 9.17) is 8.83 Å². The van der Waals surface area contributed by atoms with E-state index in [9.17, 15) is 0 Å². The van der Waals surface area contributed by atoms with E-state index in [2.05, 4.69) is 17.2 Å². The molecule has 0 saturated carbocycles. The summed E-state index contributed by atoms with van der Waals surface area (Å²) in [7, 11) is 0. The molecule has 0 unspecified atom stereocenters. The molecule has 4 nitrogen and oxygen atoms in total. The molecule has 4 heteroatoms. The predicted octanol–water partition coefficient (Wildman–Crippen LogP) is 2.04. The van der Waals surface area contributed by atoms with Crippen molar-refractivity contribution in [1.29, 1.82) is 0 Å². The Bertz CT molecular complexity index is 378. The molecular formula is C10H12N2O2. The molecule has 0 aliphatic heterocycles. The van der Waals surface area contributed by atoms with Crippen molar-refractivity contribution in [3.63, 3.8) is 0 Å². The van der Waals surface area contributed by atoms with Crippen molar-refractivity contribution in [3.05, 3.63) is 30.5 Å². The van der Waals surface area contributed by atoms with E-state index in [-0.39, 0.29) is 0 Å². The first kappa shape index (κ1) is 9.02. The highest BCUT2D eigenvalue weighted by molar-refractivity contribution is 5.50. The van der Waals surface area contributed by atoms with Crippen LogP contribution in [-0.2, 0) is 6.54 Å². The van der Waals surface area contributed by atoms with E-state index < -0.39 is 0 Å². The number of hydrogen-bond donors (Lipinski definition) is 1. The lowest BCUT2D eigenvalue weighted by atomic mass is 10.3. The summed E-state index contributed by atoms with van der Waals surface area (Å²) in [4.78, 5) is 4.30. The van der Waals surface area contributed by atoms with Gasteiger partial charge in [0, 0.05) is 6.54 Å². The lowest BCUT2D eigenvalue weighted by Crippen LogP contribution is -2.11. The summed E-state index contributed by atoms with van der Waals surface area (Å²) in [5.41, 5.74) is 1.77. The Morgan fingerprint density at radius 2 is 2.36 bits per heavy atom. The molecule has 0 aliphatic rings. The second-order valence-corrected chi connectivity index (χ2v) is 2.94. The molecule has 2 aromatic heterocycles. The zero-order valence-corrected chi connectivity index (χ0v) is 7.99. The Balaban J connectivity index is 2.10. The lowest BCUT2D eigenvalue weighted by molar-refractivity contribution is 0.556. The minimum absolute atomic E-state index is 0.603. The van der Waals surface area contributed by atoms with Crippen molar-refractivity contribution in [3.8, 4) is 11.5 Å². The second kappa shape index (κ2) is 4.11. The molecule has 14 heavy (non-hydrogen) atoms. The van der Waals surface area contributed by atoms with Gasteiger partial charge in [0.05, 0.1) is 17.5 Å². The monoisotopic (exact) mass is 192 g/mol. The van der Waals surface area contributed by atoms with Gasteiger partial charge >= 0.3 is 0 Å². The zero-order valence-electron chi connectivity index (χ0n) is 7.99. The number of furan rings is 1. The summed E-state index contributed by atoms with van der Waals surface area (Å²) in [5.74, 6) is 0.603. The van der Waals surface area contributed by atoms with Crippen molar-refractivity contribution in [1.82, 2.24) is 10.3 Å². The summed E-state index contributed by atoms with van der Waals surface area (Å²) in [6, 6.07) is 1.82. The second-order valence-electron chi connectivity index (χ2n) is 2.94. The Morgan fingerprint density at radius 3 is 3.07 bits per heavy atom. The number of oxazole rings is 1. The molecule has 1 N–H and O–H groups in total. The topological polar surface area (TPSA) is 51.2 Å². The van der Waals surface area contributed by atoms with Crippen LogP contribution in [-0.4, -0.2) is 11.5 Å². The van der Waals surface area contributed by atoms with E-state index in [1.807, 2.05) is 6.07 Å². The Labute approximate surface area is 81.9 Å². The van der Waals surface area contributed by atoms with Gasteiger partial charge in [-0.2, -0.15) is 0 Å². The predicted molar refractivity (Wildman–Crippen MR) is 51.6 cm³/mol. The molecule has 0 aliphatic carbocycles. The van der Waals surface area contributed by atoms with Crippen LogP contribution in [0.1, 0.15) is 12.6 Å². The first-order chi connectivity index (χ1) is 6.90. The van der Waals surface area contributed by atoms with Crippen LogP contribution in [0.25, 0.3) is 11.5 Å². The van der Waals surface area contributed by atoms with Crippen LogP contribution in [0.4, 0.5) is 0 Å². The molecule has 0 radical (unpaired) electrons. The van der Waals surface area contributed by atoms with Crippen LogP contribution in [0.2, 0.25) is 0 Å². The number of nitrogens with zero attached hydrogens (tertiary/aromatic N) is 1. The van der Waals surface area contributed by atoms with Crippen LogP contribution in [0.3, 0.4) is 0 Å². The standard InChI is InChI=1S/C10H12N2O2/c1-2-11-5-9-7-14-10(12-9)8-3-4-13-6-8/h3-4,6-7,11H,2,5H2,1H3. The molecule has 0 saturated heterocycles. The Morgan fingerprint density at radius 1 is 1.43 bits per heavy atom. The molecule has 0 amide bonds. The van der Waals surface area contributed by atoms with Gasteiger partial charge in [-0.25, -0.2) is 4.98 Å². The summed E-state index contributed by atoms with van der Waals surface area (Å²) in [5, 5.41) is 3.18. The quantitative estimate of drug-likeness (QED) is 0.805. The molecular weight excluding hydrogens is 180 g/mol. The van der Waals surface area contributed by atoms with Gasteiger partial charge in [-0.05, 0) is 12.6 Å². The number of aromatic nitrogens is 1. The fraction of sp³-hybridized carbons (Fsp3) is 0.300. The maximum absolute atomic E-state index is 5.29. The first-order valence-electron chi connectivity index (χ1n) is 4.58. The van der Waals surface area contributed by atoms with Crippen LogP contribution < -0.4 is 5.32 Å². The molecule has 0 atom stereocenters. The maximum Gasteiger partial charge on any atom is 0.229 e. The average Bonchev–Trinajstić information content (AvgIpc) is 2.85. The van der Waals surface area contributed by atoms with E-state index >= 15 is 0 Å². The minimum atomic E-state index is 0.603. The largest absolute Gasteiger partial charge is 0.472 e. The molecule has 0 aromatic carbocycles. The third-order valence-corrected chi connectivity index (χ3v) is 1.88. The minimum Gasteiger partial charge on any atom is -0.472 e. The van der Waals surface area contributed by atoms with Crippen molar-refractivity contribution in [2.24, 2.45) is 0 Å². The first-order valence-corrected chi connectivity index (χ1v) is 4.58. The molecule has 0 fully saturated rings. The van der Waals surface area contributed by atoms with Crippen molar-refractivity contribution in [2.45, 2.75) is 13.5 Å². The third-order valence-electron chi connectivity index (χ3n) is 1.88. The Kier molecular flexibility index (Phi) is 2.65. The van der Waals surface area contributed by atoms with E-state index in [0.717, 1.165) is 24.3 Å². The van der Waals surface area contributed by atoms with Gasteiger partial charge in [-0.15, -0.1) is 0 Å². The van der Waals surface area contributed by atoms with Gasteiger partial charge in [0.2, 0.25) is 5.89 Å². The lowest BCUT2D eigenvalue weighted by Gasteiger charge is -1.93. The van der Waals surface area contributed by atoms with Gasteiger partial charge in [-0.3, -0.25) is 0 Å².